The fourth-order valence-corrected chi connectivity index (χ4v) is 3.15. The molecule has 2 atom stereocenters. The molecule has 1 aliphatic rings. The zero-order valence-electron chi connectivity index (χ0n) is 10.7. The van der Waals surface area contributed by atoms with E-state index >= 15 is 0 Å². The van der Waals surface area contributed by atoms with Crippen molar-refractivity contribution in [2.75, 3.05) is 20.2 Å². The Morgan fingerprint density at radius 1 is 1.61 bits per heavy atom. The first-order chi connectivity index (χ1) is 8.45. The first kappa shape index (κ1) is 13.5. The second-order valence-electron chi connectivity index (χ2n) is 4.92. The van der Waals surface area contributed by atoms with Crippen LogP contribution in [-0.2, 0) is 16.6 Å². The molecule has 1 N–H and O–H groups in total. The summed E-state index contributed by atoms with van der Waals surface area (Å²) < 4.78 is 27.3. The second kappa shape index (κ2) is 4.99. The van der Waals surface area contributed by atoms with Gasteiger partial charge in [-0.2, -0.15) is 5.10 Å². The molecule has 0 saturated heterocycles. The van der Waals surface area contributed by atoms with Gasteiger partial charge in [0.2, 0.25) is 10.0 Å². The fraction of sp³-hybridized carbons (Fsp3) is 0.727. The summed E-state index contributed by atoms with van der Waals surface area (Å²) >= 11 is 0. The van der Waals surface area contributed by atoms with E-state index in [1.807, 2.05) is 0 Å². The highest BCUT2D eigenvalue weighted by Crippen LogP contribution is 2.38. The van der Waals surface area contributed by atoms with Gasteiger partial charge in [0, 0.05) is 19.8 Å². The lowest BCUT2D eigenvalue weighted by Gasteiger charge is -2.15. The molecular formula is C11H19N3O3S. The van der Waals surface area contributed by atoms with Crippen molar-refractivity contribution < 1.29 is 13.5 Å². The average molecular weight is 273 g/mol. The predicted molar refractivity (Wildman–Crippen MR) is 66.4 cm³/mol. The molecule has 1 saturated carbocycles. The van der Waals surface area contributed by atoms with Crippen LogP contribution in [0.2, 0.25) is 0 Å². The van der Waals surface area contributed by atoms with Crippen LogP contribution in [0, 0.1) is 11.8 Å². The summed E-state index contributed by atoms with van der Waals surface area (Å²) in [5.74, 6) is 1.11. The molecule has 0 radical (unpaired) electrons. The summed E-state index contributed by atoms with van der Waals surface area (Å²) in [5.41, 5.74) is 0. The average Bonchev–Trinajstić information content (AvgIpc) is 2.80. The number of nitrogens with zero attached hydrogens (tertiary/aromatic N) is 3. The summed E-state index contributed by atoms with van der Waals surface area (Å²) in [6.07, 6.45) is 3.89. The highest BCUT2D eigenvalue weighted by molar-refractivity contribution is 7.89. The molecule has 0 bridgehead atoms. The van der Waals surface area contributed by atoms with E-state index in [1.54, 1.807) is 7.05 Å². The quantitative estimate of drug-likeness (QED) is 0.800. The maximum atomic E-state index is 12.2. The minimum Gasteiger partial charge on any atom is -0.394 e. The van der Waals surface area contributed by atoms with E-state index in [0.29, 0.717) is 24.9 Å². The molecule has 2 rings (SSSR count). The Bertz CT molecular complexity index is 511. The number of hydrogen-bond acceptors (Lipinski definition) is 4. The molecule has 2 unspecified atom stereocenters. The molecule has 0 aromatic carbocycles. The van der Waals surface area contributed by atoms with Crippen molar-refractivity contribution in [3.05, 3.63) is 12.4 Å². The first-order valence-electron chi connectivity index (χ1n) is 6.05. The topological polar surface area (TPSA) is 75.4 Å². The molecule has 0 spiro atoms. The van der Waals surface area contributed by atoms with Crippen LogP contribution in [0.4, 0.5) is 0 Å². The van der Waals surface area contributed by atoms with Crippen LogP contribution in [0.1, 0.15) is 13.3 Å². The standard InChI is InChI=1S/C11H19N3O3S/c1-9-5-10(9)7-13(2)18(16,17)11-6-12-14(8-11)3-4-15/h6,8-10,15H,3-5,7H2,1-2H3. The number of sulfonamides is 1. The van der Waals surface area contributed by atoms with Crippen LogP contribution >= 0.6 is 0 Å². The van der Waals surface area contributed by atoms with Gasteiger partial charge in [-0.05, 0) is 18.3 Å². The Morgan fingerprint density at radius 3 is 2.83 bits per heavy atom. The first-order valence-corrected chi connectivity index (χ1v) is 7.49. The van der Waals surface area contributed by atoms with E-state index in [9.17, 15) is 8.42 Å². The van der Waals surface area contributed by atoms with Gasteiger partial charge in [-0.1, -0.05) is 6.92 Å². The number of aromatic nitrogens is 2. The van der Waals surface area contributed by atoms with Crippen molar-refractivity contribution in [3.8, 4) is 0 Å². The van der Waals surface area contributed by atoms with Crippen LogP contribution in [0.25, 0.3) is 0 Å². The van der Waals surface area contributed by atoms with Crippen LogP contribution < -0.4 is 0 Å². The SMILES string of the molecule is CC1CC1CN(C)S(=O)(=O)c1cnn(CCO)c1. The predicted octanol–water partition coefficient (Wildman–Crippen LogP) is 0.152. The maximum absolute atomic E-state index is 12.2. The number of hydrogen-bond donors (Lipinski definition) is 1. The van der Waals surface area contributed by atoms with Crippen molar-refractivity contribution in [2.24, 2.45) is 11.8 Å². The molecule has 1 aromatic heterocycles. The molecule has 1 heterocycles. The van der Waals surface area contributed by atoms with E-state index in [1.165, 1.54) is 21.4 Å². The van der Waals surface area contributed by atoms with Gasteiger partial charge in [0.05, 0.1) is 19.3 Å². The smallest absolute Gasteiger partial charge is 0.245 e. The third-order valence-corrected chi connectivity index (χ3v) is 5.19. The molecule has 7 heteroatoms. The van der Waals surface area contributed by atoms with Crippen molar-refractivity contribution >= 4 is 10.0 Å². The van der Waals surface area contributed by atoms with Gasteiger partial charge in [-0.15, -0.1) is 0 Å². The van der Waals surface area contributed by atoms with Crippen molar-refractivity contribution in [2.45, 2.75) is 24.8 Å². The van der Waals surface area contributed by atoms with E-state index in [-0.39, 0.29) is 11.5 Å². The van der Waals surface area contributed by atoms with Crippen LogP contribution in [0.3, 0.4) is 0 Å². The van der Waals surface area contributed by atoms with Gasteiger partial charge in [0.1, 0.15) is 4.90 Å². The molecule has 102 valence electrons. The fourth-order valence-electron chi connectivity index (χ4n) is 1.96. The summed E-state index contributed by atoms with van der Waals surface area (Å²) in [4.78, 5) is 0.187. The van der Waals surface area contributed by atoms with Crippen LogP contribution in [0.5, 0.6) is 0 Å². The van der Waals surface area contributed by atoms with E-state index < -0.39 is 10.0 Å². The Morgan fingerprint density at radius 2 is 2.28 bits per heavy atom. The third-order valence-electron chi connectivity index (χ3n) is 3.41. The van der Waals surface area contributed by atoms with E-state index in [0.717, 1.165) is 6.42 Å². The minimum absolute atomic E-state index is 0.0589. The van der Waals surface area contributed by atoms with Gasteiger partial charge >= 0.3 is 0 Å². The maximum Gasteiger partial charge on any atom is 0.245 e. The van der Waals surface area contributed by atoms with Crippen LogP contribution in [0.15, 0.2) is 17.3 Å². The third kappa shape index (κ3) is 2.73. The van der Waals surface area contributed by atoms with Gasteiger partial charge in [0.25, 0.3) is 0 Å². The molecule has 6 nitrogen and oxygen atoms in total. The van der Waals surface area contributed by atoms with E-state index in [2.05, 4.69) is 12.0 Å². The van der Waals surface area contributed by atoms with Gasteiger partial charge in [-0.25, -0.2) is 12.7 Å². The van der Waals surface area contributed by atoms with Crippen molar-refractivity contribution in [3.63, 3.8) is 0 Å². The van der Waals surface area contributed by atoms with Crippen molar-refractivity contribution in [1.29, 1.82) is 0 Å². The highest BCUT2D eigenvalue weighted by Gasteiger charge is 2.36. The monoisotopic (exact) mass is 273 g/mol. The summed E-state index contributed by atoms with van der Waals surface area (Å²) in [7, 11) is -1.85. The summed E-state index contributed by atoms with van der Waals surface area (Å²) in [5, 5.41) is 12.7. The zero-order chi connectivity index (χ0) is 13.3. The number of aliphatic hydroxyl groups is 1. The Hall–Kier alpha value is -0.920. The lowest BCUT2D eigenvalue weighted by molar-refractivity contribution is 0.269. The van der Waals surface area contributed by atoms with Gasteiger partial charge in [0.15, 0.2) is 0 Å². The Labute approximate surface area is 107 Å². The molecule has 0 aliphatic heterocycles. The Balaban J connectivity index is 2.08. The van der Waals surface area contributed by atoms with Gasteiger partial charge < -0.3 is 5.11 Å². The molecular weight excluding hydrogens is 254 g/mol. The molecule has 1 fully saturated rings. The highest BCUT2D eigenvalue weighted by atomic mass is 32.2. The lowest BCUT2D eigenvalue weighted by Crippen LogP contribution is -2.29. The zero-order valence-corrected chi connectivity index (χ0v) is 11.5. The molecule has 18 heavy (non-hydrogen) atoms. The van der Waals surface area contributed by atoms with E-state index in [4.69, 9.17) is 5.11 Å². The lowest BCUT2D eigenvalue weighted by atomic mass is 10.3. The van der Waals surface area contributed by atoms with Gasteiger partial charge in [-0.3, -0.25) is 4.68 Å². The Kier molecular flexibility index (Phi) is 3.74. The summed E-state index contributed by atoms with van der Waals surface area (Å²) in [6, 6.07) is 0. The summed E-state index contributed by atoms with van der Waals surface area (Å²) in [6.45, 7) is 2.94. The molecule has 0 amide bonds. The van der Waals surface area contributed by atoms with Crippen molar-refractivity contribution in [1.82, 2.24) is 14.1 Å². The minimum atomic E-state index is -3.45. The number of rotatable bonds is 6. The molecule has 1 aromatic rings. The number of aliphatic hydroxyl groups excluding tert-OH is 1. The second-order valence-corrected chi connectivity index (χ2v) is 6.97. The largest absolute Gasteiger partial charge is 0.394 e. The van der Waals surface area contributed by atoms with Crippen LogP contribution in [-0.4, -0.2) is 47.8 Å². The normalized spacial score (nSPS) is 23.6. The molecule has 1 aliphatic carbocycles.